The quantitative estimate of drug-likeness (QED) is 0.177. The van der Waals surface area contributed by atoms with Gasteiger partial charge in [0.1, 0.15) is 23.8 Å². The van der Waals surface area contributed by atoms with Gasteiger partial charge in [0.2, 0.25) is 17.7 Å². The maximum absolute atomic E-state index is 14.5. The first-order valence-corrected chi connectivity index (χ1v) is 17.1. The zero-order valence-electron chi connectivity index (χ0n) is 29.2. The van der Waals surface area contributed by atoms with Crippen molar-refractivity contribution in [2.24, 2.45) is 23.2 Å². The third-order valence-corrected chi connectivity index (χ3v) is 9.92. The molecule has 14 heteroatoms. The van der Waals surface area contributed by atoms with E-state index in [0.717, 1.165) is 12.8 Å². The summed E-state index contributed by atoms with van der Waals surface area (Å²) in [5, 5.41) is 33.4. The van der Waals surface area contributed by atoms with Gasteiger partial charge in [-0.25, -0.2) is 4.98 Å². The monoisotopic (exact) mass is 687 g/mol. The Morgan fingerprint density at radius 1 is 1.04 bits per heavy atom. The molecular formula is C35H57N7O7. The Morgan fingerprint density at radius 2 is 1.71 bits per heavy atom. The molecule has 3 aliphatic rings. The number of nitrogens with one attached hydrogen (secondary N) is 4. The number of hydrogen-bond acceptors (Lipinski definition) is 9. The van der Waals surface area contributed by atoms with Gasteiger partial charge >= 0.3 is 0 Å². The molecule has 1 aromatic rings. The van der Waals surface area contributed by atoms with E-state index in [1.807, 2.05) is 6.92 Å². The molecule has 1 aromatic heterocycles. The summed E-state index contributed by atoms with van der Waals surface area (Å²) < 4.78 is 0. The lowest BCUT2D eigenvalue weighted by Gasteiger charge is -2.38. The minimum Gasteiger partial charge on any atom is -0.390 e. The number of aromatic nitrogens is 2. The lowest BCUT2D eigenvalue weighted by molar-refractivity contribution is -0.146. The van der Waals surface area contributed by atoms with Crippen molar-refractivity contribution in [3.8, 4) is 0 Å². The maximum Gasteiger partial charge on any atom is 0.272 e. The Labute approximate surface area is 290 Å². The molecule has 0 spiro atoms. The molecule has 5 amide bonds. The Morgan fingerprint density at radius 3 is 2.27 bits per heavy atom. The first kappa shape index (κ1) is 39.8. The van der Waals surface area contributed by atoms with E-state index in [-0.39, 0.29) is 37.5 Å². The van der Waals surface area contributed by atoms with Crippen molar-refractivity contribution in [1.82, 2.24) is 36.1 Å². The maximum atomic E-state index is 14.5. The minimum absolute atomic E-state index is 0. The molecule has 2 aliphatic carbocycles. The van der Waals surface area contributed by atoms with E-state index >= 15 is 0 Å². The second-order valence-corrected chi connectivity index (χ2v) is 15.3. The second kappa shape index (κ2) is 15.9. The fourth-order valence-corrected chi connectivity index (χ4v) is 6.93. The zero-order valence-corrected chi connectivity index (χ0v) is 29.2. The molecule has 1 aliphatic heterocycles. The molecule has 8 atom stereocenters. The highest BCUT2D eigenvalue weighted by Crippen LogP contribution is 2.48. The van der Waals surface area contributed by atoms with Gasteiger partial charge in [0, 0.05) is 30.9 Å². The van der Waals surface area contributed by atoms with Gasteiger partial charge < -0.3 is 36.4 Å². The van der Waals surface area contributed by atoms with E-state index in [1.54, 1.807) is 41.5 Å². The average Bonchev–Trinajstić information content (AvgIpc) is 3.67. The van der Waals surface area contributed by atoms with Crippen LogP contribution >= 0.6 is 0 Å². The predicted molar refractivity (Wildman–Crippen MR) is 183 cm³/mol. The smallest absolute Gasteiger partial charge is 0.272 e. The topological polar surface area (TPSA) is 203 Å². The molecule has 274 valence electrons. The highest BCUT2D eigenvalue weighted by Gasteiger charge is 2.58. The molecule has 2 heterocycles. The Balaban J connectivity index is 0.00000650. The molecule has 4 rings (SSSR count). The molecule has 49 heavy (non-hydrogen) atoms. The fourth-order valence-electron chi connectivity index (χ4n) is 6.93. The van der Waals surface area contributed by atoms with Crippen LogP contribution in [0.4, 0.5) is 0 Å². The summed E-state index contributed by atoms with van der Waals surface area (Å²) in [6.45, 7) is 12.6. The van der Waals surface area contributed by atoms with Gasteiger partial charge in [-0.1, -0.05) is 55.4 Å². The third-order valence-electron chi connectivity index (χ3n) is 9.92. The number of amides is 5. The molecule has 0 aromatic carbocycles. The molecule has 3 fully saturated rings. The summed E-state index contributed by atoms with van der Waals surface area (Å²) in [4.78, 5) is 77.4. The highest BCUT2D eigenvalue weighted by molar-refractivity contribution is 5.98. The molecule has 14 nitrogen and oxygen atoms in total. The first-order chi connectivity index (χ1) is 22.5. The van der Waals surface area contributed by atoms with Crippen molar-refractivity contribution in [3.63, 3.8) is 0 Å². The molecule has 0 radical (unpaired) electrons. The van der Waals surface area contributed by atoms with Crippen molar-refractivity contribution in [2.75, 3.05) is 6.54 Å². The largest absolute Gasteiger partial charge is 0.390 e. The van der Waals surface area contributed by atoms with Gasteiger partial charge in [0.25, 0.3) is 11.8 Å². The van der Waals surface area contributed by atoms with Crippen LogP contribution in [0.1, 0.15) is 105 Å². The van der Waals surface area contributed by atoms with Gasteiger partial charge in [-0.2, -0.15) is 0 Å². The summed E-state index contributed by atoms with van der Waals surface area (Å²) in [7, 11) is 0. The number of carbonyl (C=O) groups is 5. The second-order valence-electron chi connectivity index (χ2n) is 15.3. The molecule has 2 unspecified atom stereocenters. The Hall–Kier alpha value is -3.65. The summed E-state index contributed by atoms with van der Waals surface area (Å²) in [5.74, 6) is -3.82. The van der Waals surface area contributed by atoms with Gasteiger partial charge in [0.05, 0.1) is 17.8 Å². The number of fused-ring (bicyclic) bond motifs is 1. The van der Waals surface area contributed by atoms with Gasteiger partial charge in [-0.15, -0.1) is 0 Å². The first-order valence-electron chi connectivity index (χ1n) is 17.1. The van der Waals surface area contributed by atoms with Crippen LogP contribution in [0.3, 0.4) is 0 Å². The summed E-state index contributed by atoms with van der Waals surface area (Å²) in [6.07, 6.45) is 6.22. The lowest BCUT2D eigenvalue weighted by atomic mass is 9.84. The zero-order chi connectivity index (χ0) is 35.6. The summed E-state index contributed by atoms with van der Waals surface area (Å²) >= 11 is 0. The Bertz CT molecular complexity index is 1350. The van der Waals surface area contributed by atoms with Crippen LogP contribution in [-0.2, 0) is 19.2 Å². The normalized spacial score (nSPS) is 25.7. The number of aliphatic hydroxyl groups excluding tert-OH is 1. The minimum atomic E-state index is -1.46. The van der Waals surface area contributed by atoms with Crippen molar-refractivity contribution >= 4 is 29.5 Å². The standard InChI is InChI=1S/C34H53N7O7.CH4/c1-8-9-22(26(42)31(46)37-19-10-11-19)38-30(45)25-20-12-13-34(7,48)21(20)17-41(25)32(47)27(33(4,5)6)40-29(44)24(18(2)3)39-28(43)23-16-35-14-15-36-23;/h14-16,18-22,24-27,42,48H,8-13,17H2,1-7H3,(H,37,46)(H,38,45)(H,39,43)(H,40,44);1H4/t20-,21-,22?,24+,25-,26?,27+,34+;/m0./s1. The summed E-state index contributed by atoms with van der Waals surface area (Å²) in [5.41, 5.74) is -1.88. The van der Waals surface area contributed by atoms with E-state index < -0.39 is 76.7 Å². The van der Waals surface area contributed by atoms with Gasteiger partial charge in [-0.05, 0) is 56.3 Å². The average molecular weight is 688 g/mol. The molecule has 2 saturated carbocycles. The van der Waals surface area contributed by atoms with E-state index in [2.05, 4.69) is 31.2 Å². The van der Waals surface area contributed by atoms with Gasteiger partial charge in [-0.3, -0.25) is 29.0 Å². The lowest BCUT2D eigenvalue weighted by Crippen LogP contribution is -2.62. The number of likely N-dealkylation sites (tertiary alicyclic amines) is 1. The summed E-state index contributed by atoms with van der Waals surface area (Å²) in [6, 6.07) is -3.93. The molecule has 0 bridgehead atoms. The highest BCUT2D eigenvalue weighted by atomic mass is 16.3. The molecular weight excluding hydrogens is 630 g/mol. The van der Waals surface area contributed by atoms with Crippen LogP contribution in [0.5, 0.6) is 0 Å². The van der Waals surface area contributed by atoms with Crippen molar-refractivity contribution in [3.05, 3.63) is 24.3 Å². The third kappa shape index (κ3) is 9.33. The van der Waals surface area contributed by atoms with Crippen LogP contribution in [0, 0.1) is 23.2 Å². The van der Waals surface area contributed by atoms with Crippen LogP contribution in [0.15, 0.2) is 18.6 Å². The fraction of sp³-hybridized carbons (Fsp3) is 0.743. The molecule has 6 N–H and O–H groups in total. The van der Waals surface area contributed by atoms with Crippen molar-refractivity contribution < 1.29 is 34.2 Å². The predicted octanol–water partition coefficient (Wildman–Crippen LogP) is 1.31. The number of carbonyl (C=O) groups excluding carboxylic acids is 5. The van der Waals surface area contributed by atoms with E-state index in [9.17, 15) is 34.2 Å². The van der Waals surface area contributed by atoms with Crippen molar-refractivity contribution in [2.45, 2.75) is 136 Å². The molecule has 1 saturated heterocycles. The number of hydrogen-bond donors (Lipinski definition) is 6. The number of rotatable bonds is 13. The van der Waals surface area contributed by atoms with Gasteiger partial charge in [0.15, 0.2) is 6.10 Å². The van der Waals surface area contributed by atoms with Crippen molar-refractivity contribution in [1.29, 1.82) is 0 Å². The van der Waals surface area contributed by atoms with Crippen LogP contribution in [0.25, 0.3) is 0 Å². The van der Waals surface area contributed by atoms with E-state index in [0.29, 0.717) is 25.7 Å². The Kier molecular flexibility index (Phi) is 12.9. The number of nitrogens with zero attached hydrogens (tertiary/aromatic N) is 3. The van der Waals surface area contributed by atoms with Crippen LogP contribution in [-0.4, -0.2) is 103 Å². The van der Waals surface area contributed by atoms with Crippen LogP contribution < -0.4 is 21.3 Å². The van der Waals surface area contributed by atoms with E-state index in [4.69, 9.17) is 0 Å². The number of aliphatic hydroxyl groups is 2. The SMILES string of the molecule is C.CCCC(NC(=O)[C@@H]1[C@H]2CC[C@@](C)(O)[C@H]2CN1C(=O)[C@@H](NC(=O)[C@H](NC(=O)c1cnccn1)C(C)C)C(C)(C)C)C(O)C(=O)NC1CC1. The van der Waals surface area contributed by atoms with Crippen LogP contribution in [0.2, 0.25) is 0 Å². The van der Waals surface area contributed by atoms with E-state index in [1.165, 1.54) is 23.5 Å².